The van der Waals surface area contributed by atoms with E-state index in [0.29, 0.717) is 46.7 Å². The summed E-state index contributed by atoms with van der Waals surface area (Å²) in [5.74, 6) is 0.122. The van der Waals surface area contributed by atoms with Crippen LogP contribution in [0.4, 0.5) is 11.4 Å². The normalized spacial score (nSPS) is 15.7. The fourth-order valence-corrected chi connectivity index (χ4v) is 7.51. The summed E-state index contributed by atoms with van der Waals surface area (Å²) in [7, 11) is -1.38. The molecule has 2 atom stereocenters. The fourth-order valence-electron chi connectivity index (χ4n) is 5.93. The zero-order chi connectivity index (χ0) is 33.0. The largest absolute Gasteiger partial charge is 0.491 e. The molecule has 0 bridgehead atoms. The molecule has 0 saturated heterocycles. The minimum absolute atomic E-state index is 0.261. The third kappa shape index (κ3) is 7.06. The minimum atomic E-state index is -1.38. The Morgan fingerprint density at radius 1 is 1.13 bits per heavy atom. The van der Waals surface area contributed by atoms with Crippen LogP contribution in [-0.2, 0) is 17.5 Å². The molecule has 0 aliphatic carbocycles. The maximum Gasteiger partial charge on any atom is 0.254 e. The SMILES string of the molecule is CCNc1ccc(C(c2ccc(C)c(CN3CCOc4ccccc4S3=O)c2)C(C)(C)NC(=O)c2cnc(SC)nc2)c(C)c1N. The molecule has 0 saturated carbocycles. The van der Waals surface area contributed by atoms with Crippen LogP contribution in [0.3, 0.4) is 0 Å². The summed E-state index contributed by atoms with van der Waals surface area (Å²) in [6.07, 6.45) is 5.01. The van der Waals surface area contributed by atoms with Crippen LogP contribution in [0.15, 0.2) is 77.0 Å². The lowest BCUT2D eigenvalue weighted by Gasteiger charge is -2.38. The molecule has 0 spiro atoms. The number of nitrogens with two attached hydrogens (primary N) is 1. The number of rotatable bonds is 10. The lowest BCUT2D eigenvalue weighted by atomic mass is 9.74. The maximum atomic E-state index is 13.7. The molecule has 242 valence electrons. The monoisotopic (exact) mass is 658 g/mol. The highest BCUT2D eigenvalue weighted by Crippen LogP contribution is 2.41. The van der Waals surface area contributed by atoms with Gasteiger partial charge in [0.25, 0.3) is 5.91 Å². The summed E-state index contributed by atoms with van der Waals surface area (Å²) in [4.78, 5) is 22.9. The molecule has 5 rings (SSSR count). The predicted molar refractivity (Wildman–Crippen MR) is 187 cm³/mol. The quantitative estimate of drug-likeness (QED) is 0.106. The van der Waals surface area contributed by atoms with E-state index < -0.39 is 16.5 Å². The smallest absolute Gasteiger partial charge is 0.254 e. The molecule has 3 aromatic carbocycles. The van der Waals surface area contributed by atoms with Gasteiger partial charge < -0.3 is 21.1 Å². The van der Waals surface area contributed by atoms with Crippen molar-refractivity contribution in [3.8, 4) is 5.75 Å². The van der Waals surface area contributed by atoms with Crippen LogP contribution in [0.2, 0.25) is 0 Å². The highest BCUT2D eigenvalue weighted by atomic mass is 32.2. The molecule has 0 fully saturated rings. The fraction of sp³-hybridized carbons (Fsp3) is 0.343. The van der Waals surface area contributed by atoms with Crippen LogP contribution >= 0.6 is 11.8 Å². The Kier molecular flexibility index (Phi) is 10.3. The predicted octanol–water partition coefficient (Wildman–Crippen LogP) is 6.09. The van der Waals surface area contributed by atoms with Gasteiger partial charge in [0.1, 0.15) is 23.3 Å². The van der Waals surface area contributed by atoms with Gasteiger partial charge in [-0.3, -0.25) is 4.79 Å². The number of thioether (sulfide) groups is 1. The molecule has 4 N–H and O–H groups in total. The van der Waals surface area contributed by atoms with E-state index in [1.54, 1.807) is 12.4 Å². The van der Waals surface area contributed by atoms with E-state index in [1.165, 1.54) is 11.8 Å². The number of aromatic nitrogens is 2. The molecule has 2 unspecified atom stereocenters. The van der Waals surface area contributed by atoms with Crippen LogP contribution in [0.25, 0.3) is 0 Å². The van der Waals surface area contributed by atoms with E-state index in [0.717, 1.165) is 40.0 Å². The average Bonchev–Trinajstić information content (AvgIpc) is 3.20. The van der Waals surface area contributed by atoms with Crippen molar-refractivity contribution >= 4 is 40.0 Å². The zero-order valence-electron chi connectivity index (χ0n) is 27.2. The Balaban J connectivity index is 1.55. The second-order valence-corrected chi connectivity index (χ2v) is 14.2. The summed E-state index contributed by atoms with van der Waals surface area (Å²) in [6.45, 7) is 12.4. The van der Waals surface area contributed by atoms with Crippen LogP contribution < -0.4 is 21.1 Å². The molecule has 46 heavy (non-hydrogen) atoms. The maximum absolute atomic E-state index is 13.7. The van der Waals surface area contributed by atoms with Crippen molar-refractivity contribution < 1.29 is 13.7 Å². The molecule has 11 heteroatoms. The van der Waals surface area contributed by atoms with Gasteiger partial charge in [0.2, 0.25) is 0 Å². The lowest BCUT2D eigenvalue weighted by molar-refractivity contribution is 0.0905. The number of ether oxygens (including phenoxy) is 1. The third-order valence-electron chi connectivity index (χ3n) is 8.39. The van der Waals surface area contributed by atoms with Crippen molar-refractivity contribution in [1.29, 1.82) is 0 Å². The second-order valence-electron chi connectivity index (χ2n) is 11.9. The van der Waals surface area contributed by atoms with Crippen molar-refractivity contribution in [2.24, 2.45) is 0 Å². The molecule has 1 amide bonds. The number of para-hydroxylation sites is 1. The number of fused-ring (bicyclic) bond motifs is 1. The first-order chi connectivity index (χ1) is 22.0. The number of benzene rings is 3. The van der Waals surface area contributed by atoms with Gasteiger partial charge in [-0.05, 0) is 86.9 Å². The summed E-state index contributed by atoms with van der Waals surface area (Å²) in [6, 6.07) is 18.0. The van der Waals surface area contributed by atoms with Gasteiger partial charge in [-0.25, -0.2) is 18.5 Å². The number of anilines is 2. The van der Waals surface area contributed by atoms with Crippen LogP contribution in [-0.4, -0.2) is 55.9 Å². The van der Waals surface area contributed by atoms with Crippen LogP contribution in [0.5, 0.6) is 5.75 Å². The number of hydrogen-bond donors (Lipinski definition) is 3. The van der Waals surface area contributed by atoms with Crippen molar-refractivity contribution in [3.05, 3.63) is 100 Å². The van der Waals surface area contributed by atoms with Gasteiger partial charge in [-0.15, -0.1) is 0 Å². The standard InChI is InChI=1S/C35H42N6O3S2/c1-7-37-28-15-14-27(23(3)32(28)36)31(35(4,5)40-33(42)26-19-38-34(45-6)39-20-26)24-13-12-22(2)25(18-24)21-41-16-17-44-29-10-8-9-11-30(29)46(41)43/h8-15,18-20,31,37H,7,16-17,21,36H2,1-6H3,(H,40,42). The number of amides is 1. The Bertz CT molecular complexity index is 1750. The number of aryl methyl sites for hydroxylation is 1. The molecule has 4 aromatic rings. The van der Waals surface area contributed by atoms with E-state index in [2.05, 4.69) is 51.8 Å². The first-order valence-corrected chi connectivity index (χ1v) is 17.7. The molecule has 1 aliphatic heterocycles. The lowest BCUT2D eigenvalue weighted by Crippen LogP contribution is -2.48. The number of hydrogen-bond acceptors (Lipinski definition) is 8. The van der Waals surface area contributed by atoms with Gasteiger partial charge in [0, 0.05) is 43.5 Å². The average molecular weight is 659 g/mol. The number of carbonyl (C=O) groups is 1. The van der Waals surface area contributed by atoms with Crippen molar-refractivity contribution in [1.82, 2.24) is 19.6 Å². The summed E-state index contributed by atoms with van der Waals surface area (Å²) in [5, 5.41) is 7.23. The Morgan fingerprint density at radius 3 is 2.59 bits per heavy atom. The highest BCUT2D eigenvalue weighted by Gasteiger charge is 2.36. The van der Waals surface area contributed by atoms with Gasteiger partial charge in [0.15, 0.2) is 5.16 Å². The van der Waals surface area contributed by atoms with Gasteiger partial charge >= 0.3 is 0 Å². The zero-order valence-corrected chi connectivity index (χ0v) is 28.8. The number of carbonyl (C=O) groups excluding carboxylic acids is 1. The topological polar surface area (TPSA) is 122 Å². The van der Waals surface area contributed by atoms with Crippen molar-refractivity contribution in [2.45, 2.75) is 62.7 Å². The first kappa shape index (κ1) is 33.4. The molecule has 1 aliphatic rings. The van der Waals surface area contributed by atoms with Gasteiger partial charge in [-0.2, -0.15) is 0 Å². The van der Waals surface area contributed by atoms with Gasteiger partial charge in [-0.1, -0.05) is 48.2 Å². The van der Waals surface area contributed by atoms with E-state index in [4.69, 9.17) is 10.5 Å². The van der Waals surface area contributed by atoms with E-state index >= 15 is 0 Å². The Hall–Kier alpha value is -3.93. The third-order valence-corrected chi connectivity index (χ3v) is 10.5. The van der Waals surface area contributed by atoms with E-state index in [1.807, 2.05) is 68.6 Å². The molecular weight excluding hydrogens is 617 g/mol. The number of nitrogens with one attached hydrogen (secondary N) is 2. The van der Waals surface area contributed by atoms with Gasteiger partial charge in [0.05, 0.1) is 21.8 Å². The first-order valence-electron chi connectivity index (χ1n) is 15.3. The number of nitrogen functional groups attached to an aromatic ring is 1. The summed E-state index contributed by atoms with van der Waals surface area (Å²) >= 11 is 1.42. The van der Waals surface area contributed by atoms with Crippen molar-refractivity contribution in [3.63, 3.8) is 0 Å². The minimum Gasteiger partial charge on any atom is -0.491 e. The Labute approximate surface area is 278 Å². The molecule has 9 nitrogen and oxygen atoms in total. The number of nitrogens with zero attached hydrogens (tertiary/aromatic N) is 3. The molecule has 0 radical (unpaired) electrons. The summed E-state index contributed by atoms with van der Waals surface area (Å²) < 4.78 is 21.6. The molecule has 1 aromatic heterocycles. The van der Waals surface area contributed by atoms with Crippen molar-refractivity contribution in [2.75, 3.05) is 37.0 Å². The molecule has 2 heterocycles. The van der Waals surface area contributed by atoms with Crippen LogP contribution in [0, 0.1) is 13.8 Å². The Morgan fingerprint density at radius 2 is 1.87 bits per heavy atom. The molecular formula is C35H42N6O3S2. The van der Waals surface area contributed by atoms with E-state index in [-0.39, 0.29) is 11.8 Å². The highest BCUT2D eigenvalue weighted by molar-refractivity contribution is 7.98. The van der Waals surface area contributed by atoms with E-state index in [9.17, 15) is 9.00 Å². The second kappa shape index (κ2) is 14.2. The summed E-state index contributed by atoms with van der Waals surface area (Å²) in [5.41, 5.74) is 13.0. The van der Waals surface area contributed by atoms with Crippen LogP contribution in [0.1, 0.15) is 64.9 Å².